The van der Waals surface area contributed by atoms with Crippen molar-refractivity contribution < 1.29 is 0 Å². The molecule has 0 amide bonds. The van der Waals surface area contributed by atoms with Crippen molar-refractivity contribution in [2.75, 3.05) is 6.54 Å². The van der Waals surface area contributed by atoms with Crippen molar-refractivity contribution >= 4 is 52.6 Å². The predicted octanol–water partition coefficient (Wildman–Crippen LogP) is 4.38. The number of guanidine groups is 1. The Labute approximate surface area is 170 Å². The minimum atomic E-state index is 0. The Morgan fingerprint density at radius 2 is 2.12 bits per heavy atom. The van der Waals surface area contributed by atoms with Crippen LogP contribution in [-0.2, 0) is 19.4 Å². The predicted molar refractivity (Wildman–Crippen MR) is 117 cm³/mol. The third kappa shape index (κ3) is 7.06. The third-order valence-corrected chi connectivity index (χ3v) is 5.40. The van der Waals surface area contributed by atoms with Crippen molar-refractivity contribution in [2.45, 2.75) is 53.1 Å². The van der Waals surface area contributed by atoms with E-state index in [-0.39, 0.29) is 24.0 Å². The number of nitrogens with zero attached hydrogens (tertiary/aromatic N) is 2. The van der Waals surface area contributed by atoms with E-state index in [1.807, 2.05) is 11.3 Å². The molecule has 0 aromatic carbocycles. The van der Waals surface area contributed by atoms with E-state index >= 15 is 0 Å². The summed E-state index contributed by atoms with van der Waals surface area (Å²) in [5.41, 5.74) is 1.05. The monoisotopic (exact) mass is 478 g/mol. The van der Waals surface area contributed by atoms with Gasteiger partial charge in [0.1, 0.15) is 0 Å². The maximum Gasteiger partial charge on any atom is 0.191 e. The van der Waals surface area contributed by atoms with Gasteiger partial charge >= 0.3 is 0 Å². The first kappa shape index (κ1) is 21.4. The zero-order valence-corrected chi connectivity index (χ0v) is 18.7. The van der Waals surface area contributed by atoms with Crippen LogP contribution < -0.4 is 10.6 Å². The highest BCUT2D eigenvalue weighted by molar-refractivity contribution is 14.0. The molecule has 2 heterocycles. The molecule has 2 N–H and O–H groups in total. The number of hydrogen-bond donors (Lipinski definition) is 2. The van der Waals surface area contributed by atoms with E-state index in [2.05, 4.69) is 65.8 Å². The SMILES string of the molecule is CCNC(=NCc1csc(CC)n1)NC(C)Cc1ccc(C)s1.I. The lowest BCUT2D eigenvalue weighted by Crippen LogP contribution is -2.43. The molecule has 24 heavy (non-hydrogen) atoms. The number of aliphatic imine (C=N–C) groups is 1. The lowest BCUT2D eigenvalue weighted by atomic mass is 10.2. The molecular formula is C17H27IN4S2. The van der Waals surface area contributed by atoms with Crippen molar-refractivity contribution in [3.05, 3.63) is 38.0 Å². The number of thiazole rings is 1. The molecule has 2 aromatic rings. The van der Waals surface area contributed by atoms with Crippen LogP contribution in [0.5, 0.6) is 0 Å². The van der Waals surface area contributed by atoms with E-state index in [4.69, 9.17) is 0 Å². The van der Waals surface area contributed by atoms with Crippen molar-refractivity contribution in [1.82, 2.24) is 15.6 Å². The molecule has 2 rings (SSSR count). The first-order chi connectivity index (χ1) is 11.1. The smallest absolute Gasteiger partial charge is 0.191 e. The maximum absolute atomic E-state index is 4.66. The van der Waals surface area contributed by atoms with Gasteiger partial charge in [0.2, 0.25) is 0 Å². The molecule has 0 aliphatic heterocycles. The summed E-state index contributed by atoms with van der Waals surface area (Å²) in [4.78, 5) is 12.0. The van der Waals surface area contributed by atoms with Gasteiger partial charge in [-0.25, -0.2) is 9.98 Å². The number of nitrogens with one attached hydrogen (secondary N) is 2. The Balaban J connectivity index is 0.00000288. The summed E-state index contributed by atoms with van der Waals surface area (Å²) in [6.07, 6.45) is 2.00. The van der Waals surface area contributed by atoms with E-state index in [9.17, 15) is 0 Å². The van der Waals surface area contributed by atoms with Gasteiger partial charge in [0.15, 0.2) is 5.96 Å². The van der Waals surface area contributed by atoms with E-state index in [1.165, 1.54) is 14.8 Å². The summed E-state index contributed by atoms with van der Waals surface area (Å²) in [5.74, 6) is 0.860. The normalized spacial score (nSPS) is 12.6. The second kappa shape index (κ2) is 11.0. The van der Waals surface area contributed by atoms with Gasteiger partial charge in [-0.05, 0) is 39.3 Å². The molecule has 134 valence electrons. The van der Waals surface area contributed by atoms with Crippen LogP contribution in [0.2, 0.25) is 0 Å². The Morgan fingerprint density at radius 1 is 1.33 bits per heavy atom. The Bertz CT molecular complexity index is 636. The minimum Gasteiger partial charge on any atom is -0.357 e. The van der Waals surface area contributed by atoms with Crippen LogP contribution in [-0.4, -0.2) is 23.5 Å². The fraction of sp³-hybridized carbons (Fsp3) is 0.529. The number of thiophene rings is 1. The van der Waals surface area contributed by atoms with Gasteiger partial charge < -0.3 is 10.6 Å². The second-order valence-electron chi connectivity index (χ2n) is 5.54. The zero-order chi connectivity index (χ0) is 16.7. The van der Waals surface area contributed by atoms with Crippen LogP contribution in [0.3, 0.4) is 0 Å². The van der Waals surface area contributed by atoms with E-state index < -0.39 is 0 Å². The number of halogens is 1. The summed E-state index contributed by atoms with van der Waals surface area (Å²) in [7, 11) is 0. The molecule has 0 spiro atoms. The van der Waals surface area contributed by atoms with Crippen LogP contribution in [0.15, 0.2) is 22.5 Å². The molecule has 0 radical (unpaired) electrons. The fourth-order valence-corrected chi connectivity index (χ4v) is 4.00. The molecule has 4 nitrogen and oxygen atoms in total. The standard InChI is InChI=1S/C17H26N4S2.HI/c1-5-16-21-14(11-22-16)10-19-17(18-6-2)20-12(3)9-15-8-7-13(4)23-15;/h7-8,11-12H,5-6,9-10H2,1-4H3,(H2,18,19,20);1H. The van der Waals surface area contributed by atoms with Crippen LogP contribution >= 0.6 is 46.7 Å². The first-order valence-electron chi connectivity index (χ1n) is 8.14. The highest BCUT2D eigenvalue weighted by Crippen LogP contribution is 2.16. The molecule has 0 fully saturated rings. The lowest BCUT2D eigenvalue weighted by molar-refractivity contribution is 0.645. The van der Waals surface area contributed by atoms with Crippen LogP contribution in [0.1, 0.15) is 41.2 Å². The van der Waals surface area contributed by atoms with Gasteiger partial charge in [-0.1, -0.05) is 6.92 Å². The summed E-state index contributed by atoms with van der Waals surface area (Å²) >= 11 is 3.58. The molecule has 0 aliphatic carbocycles. The summed E-state index contributed by atoms with van der Waals surface area (Å²) in [6, 6.07) is 4.73. The average molecular weight is 478 g/mol. The highest BCUT2D eigenvalue weighted by atomic mass is 127. The molecule has 7 heteroatoms. The fourth-order valence-electron chi connectivity index (χ4n) is 2.25. The van der Waals surface area contributed by atoms with Crippen LogP contribution in [0, 0.1) is 6.92 Å². The molecule has 0 bridgehead atoms. The highest BCUT2D eigenvalue weighted by Gasteiger charge is 2.08. The molecule has 0 saturated carbocycles. The largest absolute Gasteiger partial charge is 0.357 e. The van der Waals surface area contributed by atoms with Gasteiger partial charge in [-0.3, -0.25) is 0 Å². The van der Waals surface area contributed by atoms with Crippen LogP contribution in [0.25, 0.3) is 0 Å². The first-order valence-corrected chi connectivity index (χ1v) is 9.83. The summed E-state index contributed by atoms with van der Waals surface area (Å²) in [6.45, 7) is 10.0. The van der Waals surface area contributed by atoms with E-state index in [0.717, 1.165) is 31.0 Å². The Hall–Kier alpha value is -0.670. The Morgan fingerprint density at radius 3 is 2.71 bits per heavy atom. The van der Waals surface area contributed by atoms with Crippen molar-refractivity contribution in [3.8, 4) is 0 Å². The lowest BCUT2D eigenvalue weighted by Gasteiger charge is -2.17. The van der Waals surface area contributed by atoms with Crippen molar-refractivity contribution in [2.24, 2.45) is 4.99 Å². The van der Waals surface area contributed by atoms with Gasteiger partial charge in [0.25, 0.3) is 0 Å². The quantitative estimate of drug-likeness (QED) is 0.353. The molecule has 0 aliphatic rings. The van der Waals surface area contributed by atoms with Crippen molar-refractivity contribution in [3.63, 3.8) is 0 Å². The molecular weight excluding hydrogens is 451 g/mol. The van der Waals surface area contributed by atoms with Gasteiger partial charge in [-0.15, -0.1) is 46.7 Å². The molecule has 1 unspecified atom stereocenters. The third-order valence-electron chi connectivity index (χ3n) is 3.33. The molecule has 1 atom stereocenters. The number of aryl methyl sites for hydroxylation is 2. The van der Waals surface area contributed by atoms with Gasteiger partial charge in [0.05, 0.1) is 17.2 Å². The molecule has 2 aromatic heterocycles. The Kier molecular flexibility index (Phi) is 9.84. The average Bonchev–Trinajstić information content (AvgIpc) is 3.14. The topological polar surface area (TPSA) is 49.3 Å². The van der Waals surface area contributed by atoms with Gasteiger partial charge in [-0.2, -0.15) is 0 Å². The van der Waals surface area contributed by atoms with E-state index in [1.54, 1.807) is 11.3 Å². The number of rotatable bonds is 7. The number of hydrogen-bond acceptors (Lipinski definition) is 4. The number of aromatic nitrogens is 1. The van der Waals surface area contributed by atoms with Crippen molar-refractivity contribution in [1.29, 1.82) is 0 Å². The summed E-state index contributed by atoms with van der Waals surface area (Å²) < 4.78 is 0. The zero-order valence-electron chi connectivity index (χ0n) is 14.8. The maximum atomic E-state index is 4.66. The molecule has 0 saturated heterocycles. The second-order valence-corrected chi connectivity index (χ2v) is 7.86. The van der Waals surface area contributed by atoms with Crippen LogP contribution in [0.4, 0.5) is 0 Å². The van der Waals surface area contributed by atoms with E-state index in [0.29, 0.717) is 12.6 Å². The minimum absolute atomic E-state index is 0. The summed E-state index contributed by atoms with van der Waals surface area (Å²) in [5, 5.41) is 10.1. The van der Waals surface area contributed by atoms with Gasteiger partial charge in [0, 0.05) is 34.1 Å².